The SMILES string of the molecule is CCCCCCN(CCC(=O)Nc1c(C(C)C)cccc1C(C)C)c1ccccc1. The molecule has 0 heterocycles. The predicted octanol–water partition coefficient (Wildman–Crippen LogP) is 7.35. The molecule has 0 saturated heterocycles. The van der Waals surface area contributed by atoms with Crippen molar-refractivity contribution in [3.05, 3.63) is 59.7 Å². The first-order chi connectivity index (χ1) is 14.4. The van der Waals surface area contributed by atoms with Crippen LogP contribution in [0, 0.1) is 0 Å². The van der Waals surface area contributed by atoms with Crippen LogP contribution in [0.3, 0.4) is 0 Å². The standard InChI is InChI=1S/C27H40N2O/c1-6-7-8-12-19-29(23-14-10-9-11-15-23)20-18-26(30)28-27-24(21(2)3)16-13-17-25(27)22(4)5/h9-11,13-17,21-22H,6-8,12,18-20H2,1-5H3,(H,28,30). The van der Waals surface area contributed by atoms with Crippen molar-refractivity contribution in [3.8, 4) is 0 Å². The van der Waals surface area contributed by atoms with E-state index in [0.29, 0.717) is 18.3 Å². The van der Waals surface area contributed by atoms with Crippen LogP contribution in [0.25, 0.3) is 0 Å². The second kappa shape index (κ2) is 12.4. The minimum Gasteiger partial charge on any atom is -0.371 e. The van der Waals surface area contributed by atoms with Gasteiger partial charge in [-0.2, -0.15) is 0 Å². The van der Waals surface area contributed by atoms with Crippen molar-refractivity contribution in [1.82, 2.24) is 0 Å². The van der Waals surface area contributed by atoms with Crippen molar-refractivity contribution in [2.24, 2.45) is 0 Å². The first-order valence-electron chi connectivity index (χ1n) is 11.7. The molecule has 1 amide bonds. The molecule has 0 fully saturated rings. The summed E-state index contributed by atoms with van der Waals surface area (Å²) in [5.41, 5.74) is 4.65. The van der Waals surface area contributed by atoms with Crippen LogP contribution in [0.4, 0.5) is 11.4 Å². The third kappa shape index (κ3) is 7.19. The number of nitrogens with one attached hydrogen (secondary N) is 1. The molecule has 0 radical (unpaired) electrons. The zero-order chi connectivity index (χ0) is 21.9. The molecule has 30 heavy (non-hydrogen) atoms. The van der Waals surface area contributed by atoms with Gasteiger partial charge >= 0.3 is 0 Å². The molecule has 0 bridgehead atoms. The van der Waals surface area contributed by atoms with Gasteiger partial charge in [-0.3, -0.25) is 4.79 Å². The van der Waals surface area contributed by atoms with Crippen molar-refractivity contribution >= 4 is 17.3 Å². The average molecular weight is 409 g/mol. The zero-order valence-corrected chi connectivity index (χ0v) is 19.6. The van der Waals surface area contributed by atoms with Crippen LogP contribution in [-0.4, -0.2) is 19.0 Å². The van der Waals surface area contributed by atoms with Crippen LogP contribution in [0.15, 0.2) is 48.5 Å². The minimum absolute atomic E-state index is 0.0967. The number of amides is 1. The molecule has 164 valence electrons. The van der Waals surface area contributed by atoms with Gasteiger partial charge in [0, 0.05) is 30.9 Å². The molecule has 2 aromatic rings. The number of hydrogen-bond donors (Lipinski definition) is 1. The van der Waals surface area contributed by atoms with Gasteiger partial charge in [-0.1, -0.05) is 90.3 Å². The van der Waals surface area contributed by atoms with Gasteiger partial charge in [0.1, 0.15) is 0 Å². The van der Waals surface area contributed by atoms with Crippen molar-refractivity contribution < 1.29 is 4.79 Å². The lowest BCUT2D eigenvalue weighted by Gasteiger charge is -2.25. The monoisotopic (exact) mass is 408 g/mol. The van der Waals surface area contributed by atoms with Crippen molar-refractivity contribution in [2.75, 3.05) is 23.3 Å². The zero-order valence-electron chi connectivity index (χ0n) is 19.6. The summed E-state index contributed by atoms with van der Waals surface area (Å²) in [6.07, 6.45) is 5.41. The highest BCUT2D eigenvalue weighted by atomic mass is 16.1. The van der Waals surface area contributed by atoms with Gasteiger partial charge in [0.15, 0.2) is 0 Å². The molecular weight excluding hydrogens is 368 g/mol. The van der Waals surface area contributed by atoms with Crippen molar-refractivity contribution in [1.29, 1.82) is 0 Å². The van der Waals surface area contributed by atoms with E-state index in [4.69, 9.17) is 0 Å². The minimum atomic E-state index is 0.0967. The molecule has 0 unspecified atom stereocenters. The predicted molar refractivity (Wildman–Crippen MR) is 131 cm³/mol. The Kier molecular flexibility index (Phi) is 9.93. The normalized spacial score (nSPS) is 11.2. The van der Waals surface area contributed by atoms with Crippen molar-refractivity contribution in [2.45, 2.75) is 78.6 Å². The Morgan fingerprint density at radius 1 is 0.833 bits per heavy atom. The number of para-hydroxylation sites is 2. The summed E-state index contributed by atoms with van der Waals surface area (Å²) in [6.45, 7) is 12.7. The third-order valence-corrected chi connectivity index (χ3v) is 5.65. The molecule has 3 nitrogen and oxygen atoms in total. The summed E-state index contributed by atoms with van der Waals surface area (Å²) in [6, 6.07) is 16.8. The van der Waals surface area contributed by atoms with E-state index in [0.717, 1.165) is 25.2 Å². The molecule has 0 aliphatic carbocycles. The van der Waals surface area contributed by atoms with Gasteiger partial charge in [-0.15, -0.1) is 0 Å². The largest absolute Gasteiger partial charge is 0.371 e. The number of hydrogen-bond acceptors (Lipinski definition) is 2. The van der Waals surface area contributed by atoms with E-state index in [2.05, 4.69) is 87.3 Å². The van der Waals surface area contributed by atoms with E-state index in [1.165, 1.54) is 36.1 Å². The second-order valence-electron chi connectivity index (χ2n) is 8.80. The van der Waals surface area contributed by atoms with Gasteiger partial charge < -0.3 is 10.2 Å². The van der Waals surface area contributed by atoms with Gasteiger partial charge in [-0.25, -0.2) is 0 Å². The van der Waals surface area contributed by atoms with E-state index in [1.807, 2.05) is 6.07 Å². The highest BCUT2D eigenvalue weighted by molar-refractivity contribution is 5.93. The Bertz CT molecular complexity index is 741. The third-order valence-electron chi connectivity index (χ3n) is 5.65. The Labute approximate surface area is 183 Å². The van der Waals surface area contributed by atoms with Gasteiger partial charge in [-0.05, 0) is 41.5 Å². The first-order valence-corrected chi connectivity index (χ1v) is 11.7. The van der Waals surface area contributed by atoms with Crippen LogP contribution in [0.5, 0.6) is 0 Å². The van der Waals surface area contributed by atoms with E-state index in [1.54, 1.807) is 0 Å². The van der Waals surface area contributed by atoms with Crippen LogP contribution in [0.1, 0.15) is 89.7 Å². The molecule has 0 saturated carbocycles. The van der Waals surface area contributed by atoms with Crippen LogP contribution < -0.4 is 10.2 Å². The summed E-state index contributed by atoms with van der Waals surface area (Å²) in [4.78, 5) is 15.3. The van der Waals surface area contributed by atoms with E-state index >= 15 is 0 Å². The highest BCUT2D eigenvalue weighted by Gasteiger charge is 2.16. The van der Waals surface area contributed by atoms with Crippen LogP contribution >= 0.6 is 0 Å². The van der Waals surface area contributed by atoms with Gasteiger partial charge in [0.05, 0.1) is 0 Å². The lowest BCUT2D eigenvalue weighted by atomic mass is 9.92. The van der Waals surface area contributed by atoms with Crippen LogP contribution in [-0.2, 0) is 4.79 Å². The molecule has 2 aromatic carbocycles. The summed E-state index contributed by atoms with van der Waals surface area (Å²) in [7, 11) is 0. The number of nitrogens with zero attached hydrogens (tertiary/aromatic N) is 1. The molecule has 3 heteroatoms. The highest BCUT2D eigenvalue weighted by Crippen LogP contribution is 2.32. The molecule has 2 rings (SSSR count). The molecule has 1 N–H and O–H groups in total. The Morgan fingerprint density at radius 2 is 1.47 bits per heavy atom. The molecule has 0 aliphatic rings. The Hall–Kier alpha value is -2.29. The topological polar surface area (TPSA) is 32.3 Å². The fourth-order valence-corrected chi connectivity index (χ4v) is 3.87. The molecule has 0 spiro atoms. The summed E-state index contributed by atoms with van der Waals surface area (Å²) >= 11 is 0. The molecular formula is C27H40N2O. The maximum atomic E-state index is 12.9. The number of anilines is 2. The average Bonchev–Trinajstić information content (AvgIpc) is 2.73. The number of benzene rings is 2. The fourth-order valence-electron chi connectivity index (χ4n) is 3.87. The molecule has 0 atom stereocenters. The fraction of sp³-hybridized carbons (Fsp3) is 0.519. The lowest BCUT2D eigenvalue weighted by Crippen LogP contribution is -2.29. The number of carbonyl (C=O) groups excluding carboxylic acids is 1. The van der Waals surface area contributed by atoms with Gasteiger partial charge in [0.2, 0.25) is 5.91 Å². The maximum Gasteiger partial charge on any atom is 0.226 e. The quantitative estimate of drug-likeness (QED) is 0.372. The Morgan fingerprint density at radius 3 is 2.03 bits per heavy atom. The first kappa shape index (κ1) is 24.0. The van der Waals surface area contributed by atoms with Crippen molar-refractivity contribution in [3.63, 3.8) is 0 Å². The van der Waals surface area contributed by atoms with E-state index in [9.17, 15) is 4.79 Å². The summed E-state index contributed by atoms with van der Waals surface area (Å²) in [5, 5.41) is 3.26. The number of carbonyl (C=O) groups is 1. The van der Waals surface area contributed by atoms with E-state index in [-0.39, 0.29) is 5.91 Å². The number of unbranched alkanes of at least 4 members (excludes halogenated alkanes) is 3. The second-order valence-corrected chi connectivity index (χ2v) is 8.80. The molecule has 0 aromatic heterocycles. The Balaban J connectivity index is 2.07. The smallest absolute Gasteiger partial charge is 0.226 e. The lowest BCUT2D eigenvalue weighted by molar-refractivity contribution is -0.116. The number of rotatable bonds is 12. The summed E-state index contributed by atoms with van der Waals surface area (Å²) < 4.78 is 0. The summed E-state index contributed by atoms with van der Waals surface area (Å²) in [5.74, 6) is 0.844. The van der Waals surface area contributed by atoms with Gasteiger partial charge in [0.25, 0.3) is 0 Å². The van der Waals surface area contributed by atoms with E-state index < -0.39 is 0 Å². The van der Waals surface area contributed by atoms with Crippen LogP contribution in [0.2, 0.25) is 0 Å². The maximum absolute atomic E-state index is 12.9. The molecule has 0 aliphatic heterocycles.